The molecule has 0 radical (unpaired) electrons. The third kappa shape index (κ3) is 4.78. The summed E-state index contributed by atoms with van der Waals surface area (Å²) in [5.74, 6) is -1.12. The van der Waals surface area contributed by atoms with Crippen molar-refractivity contribution in [3.63, 3.8) is 0 Å². The Balaban J connectivity index is 2.32. The number of hydrogen-bond donors (Lipinski definition) is 2. The largest absolute Gasteiger partial charge is 0.481 e. The van der Waals surface area contributed by atoms with Crippen LogP contribution in [-0.2, 0) is 24.8 Å². The number of carbonyl (C=O) groups is 1. The topological polar surface area (TPSA) is 121 Å². The summed E-state index contributed by atoms with van der Waals surface area (Å²) in [6.07, 6.45) is 2.19. The molecule has 0 unspecified atom stereocenters. The number of sulfonamides is 2. The highest BCUT2D eigenvalue weighted by Crippen LogP contribution is 2.24. The first-order valence-electron chi connectivity index (χ1n) is 7.97. The summed E-state index contributed by atoms with van der Waals surface area (Å²) in [7, 11) is -7.74. The van der Waals surface area contributed by atoms with Crippen LogP contribution in [0.3, 0.4) is 0 Å². The summed E-state index contributed by atoms with van der Waals surface area (Å²) in [5.41, 5.74) is 0.389. The fourth-order valence-electron chi connectivity index (χ4n) is 2.65. The van der Waals surface area contributed by atoms with Crippen molar-refractivity contribution in [2.75, 3.05) is 19.6 Å². The quantitative estimate of drug-likeness (QED) is 0.714. The maximum Gasteiger partial charge on any atom is 0.304 e. The van der Waals surface area contributed by atoms with Gasteiger partial charge in [-0.05, 0) is 37.5 Å². The fraction of sp³-hybridized carbons (Fsp3) is 0.533. The lowest BCUT2D eigenvalue weighted by Gasteiger charge is -2.26. The molecule has 1 heterocycles. The normalized spacial score (nSPS) is 16.7. The van der Waals surface area contributed by atoms with Crippen LogP contribution in [0.5, 0.6) is 0 Å². The van der Waals surface area contributed by atoms with Crippen LogP contribution in [0.15, 0.2) is 28.0 Å². The van der Waals surface area contributed by atoms with Crippen LogP contribution < -0.4 is 4.72 Å². The van der Waals surface area contributed by atoms with Crippen LogP contribution in [0.1, 0.15) is 31.2 Å². The van der Waals surface area contributed by atoms with Gasteiger partial charge in [-0.1, -0.05) is 12.5 Å². The van der Waals surface area contributed by atoms with Gasteiger partial charge in [-0.15, -0.1) is 0 Å². The molecular formula is C15H22N2O6S2. The molecule has 140 valence electrons. The number of nitrogens with one attached hydrogen (secondary N) is 1. The van der Waals surface area contributed by atoms with E-state index in [2.05, 4.69) is 4.72 Å². The molecule has 1 aromatic carbocycles. The first-order chi connectivity index (χ1) is 11.6. The summed E-state index contributed by atoms with van der Waals surface area (Å²) in [4.78, 5) is 10.3. The molecule has 2 rings (SSSR count). The molecule has 1 fully saturated rings. The maximum atomic E-state index is 12.7. The molecule has 0 atom stereocenters. The van der Waals surface area contributed by atoms with Gasteiger partial charge in [-0.25, -0.2) is 21.6 Å². The predicted octanol–water partition coefficient (Wildman–Crippen LogP) is 0.923. The molecule has 0 bridgehead atoms. The SMILES string of the molecule is Cc1ccc(S(=O)(=O)N2CCCCC2)cc1S(=O)(=O)NCCC(=O)O. The molecule has 0 aliphatic carbocycles. The minimum Gasteiger partial charge on any atom is -0.481 e. The van der Waals surface area contributed by atoms with Gasteiger partial charge in [0.15, 0.2) is 0 Å². The average Bonchev–Trinajstić information content (AvgIpc) is 2.55. The van der Waals surface area contributed by atoms with Crippen molar-refractivity contribution in [3.8, 4) is 0 Å². The molecule has 1 aliphatic rings. The summed E-state index contributed by atoms with van der Waals surface area (Å²) < 4.78 is 53.7. The zero-order valence-electron chi connectivity index (χ0n) is 13.9. The molecule has 0 saturated carbocycles. The van der Waals surface area contributed by atoms with Crippen molar-refractivity contribution in [2.24, 2.45) is 0 Å². The summed E-state index contributed by atoms with van der Waals surface area (Å²) in [6, 6.07) is 3.99. The standard InChI is InChI=1S/C15H22N2O6S2/c1-12-5-6-13(25(22,23)17-9-3-2-4-10-17)11-14(12)24(20,21)16-8-7-15(18)19/h5-6,11,16H,2-4,7-10H2,1H3,(H,18,19). The Bertz CT molecular complexity index is 843. The van der Waals surface area contributed by atoms with Crippen LogP contribution in [0.4, 0.5) is 0 Å². The molecule has 25 heavy (non-hydrogen) atoms. The number of benzene rings is 1. The van der Waals surface area contributed by atoms with Crippen LogP contribution in [-0.4, -0.2) is 51.9 Å². The molecule has 1 aromatic rings. The number of carboxylic acids is 1. The first-order valence-corrected chi connectivity index (χ1v) is 10.9. The highest BCUT2D eigenvalue weighted by molar-refractivity contribution is 7.90. The van der Waals surface area contributed by atoms with Gasteiger partial charge in [0.1, 0.15) is 0 Å². The number of aliphatic carboxylic acids is 1. The molecule has 0 aromatic heterocycles. The van der Waals surface area contributed by atoms with E-state index in [1.165, 1.54) is 16.4 Å². The Hall–Kier alpha value is -1.49. The van der Waals surface area contributed by atoms with Gasteiger partial charge < -0.3 is 5.11 Å². The summed E-state index contributed by atoms with van der Waals surface area (Å²) >= 11 is 0. The van der Waals surface area contributed by atoms with E-state index < -0.39 is 26.0 Å². The minimum atomic E-state index is -4.00. The highest BCUT2D eigenvalue weighted by Gasteiger charge is 2.28. The zero-order valence-corrected chi connectivity index (χ0v) is 15.6. The monoisotopic (exact) mass is 390 g/mol. The third-order valence-corrected chi connectivity index (χ3v) is 7.53. The Labute approximate surface area is 147 Å². The molecule has 8 nitrogen and oxygen atoms in total. The van der Waals surface area contributed by atoms with E-state index in [1.807, 2.05) is 0 Å². The highest BCUT2D eigenvalue weighted by atomic mass is 32.2. The molecular weight excluding hydrogens is 368 g/mol. The van der Waals surface area contributed by atoms with Crippen molar-refractivity contribution < 1.29 is 26.7 Å². The lowest BCUT2D eigenvalue weighted by atomic mass is 10.2. The smallest absolute Gasteiger partial charge is 0.304 e. The second kappa shape index (κ2) is 7.81. The van der Waals surface area contributed by atoms with Gasteiger partial charge in [0, 0.05) is 19.6 Å². The fourth-order valence-corrected chi connectivity index (χ4v) is 5.57. The Morgan fingerprint density at radius 1 is 1.16 bits per heavy atom. The Morgan fingerprint density at radius 2 is 1.80 bits per heavy atom. The zero-order chi connectivity index (χ0) is 18.7. The van der Waals surface area contributed by atoms with E-state index in [4.69, 9.17) is 5.11 Å². The average molecular weight is 390 g/mol. The van der Waals surface area contributed by atoms with Crippen molar-refractivity contribution in [1.82, 2.24) is 9.03 Å². The van der Waals surface area contributed by atoms with Gasteiger partial charge in [-0.2, -0.15) is 4.31 Å². The molecule has 1 aliphatic heterocycles. The van der Waals surface area contributed by atoms with Crippen molar-refractivity contribution >= 4 is 26.0 Å². The second-order valence-electron chi connectivity index (χ2n) is 5.93. The lowest BCUT2D eigenvalue weighted by molar-refractivity contribution is -0.136. The van der Waals surface area contributed by atoms with Gasteiger partial charge in [0.2, 0.25) is 20.0 Å². The Morgan fingerprint density at radius 3 is 2.40 bits per heavy atom. The van der Waals surface area contributed by atoms with Crippen molar-refractivity contribution in [2.45, 2.75) is 42.4 Å². The van der Waals surface area contributed by atoms with E-state index in [-0.39, 0.29) is 22.8 Å². The summed E-state index contributed by atoms with van der Waals surface area (Å²) in [5, 5.41) is 8.61. The van der Waals surface area contributed by atoms with Crippen LogP contribution in [0, 0.1) is 6.92 Å². The van der Waals surface area contributed by atoms with Crippen molar-refractivity contribution in [1.29, 1.82) is 0 Å². The second-order valence-corrected chi connectivity index (χ2v) is 9.61. The first kappa shape index (κ1) is 19.8. The maximum absolute atomic E-state index is 12.7. The summed E-state index contributed by atoms with van der Waals surface area (Å²) in [6.45, 7) is 2.15. The molecule has 10 heteroatoms. The van der Waals surface area contributed by atoms with Gasteiger partial charge in [-0.3, -0.25) is 4.79 Å². The van der Waals surface area contributed by atoms with Gasteiger partial charge in [0.25, 0.3) is 0 Å². The number of hydrogen-bond acceptors (Lipinski definition) is 5. The van der Waals surface area contributed by atoms with Crippen LogP contribution in [0.2, 0.25) is 0 Å². The number of piperidine rings is 1. The Kier molecular flexibility index (Phi) is 6.20. The predicted molar refractivity (Wildman–Crippen MR) is 91.2 cm³/mol. The molecule has 1 saturated heterocycles. The number of nitrogens with zero attached hydrogens (tertiary/aromatic N) is 1. The van der Waals surface area contributed by atoms with E-state index in [0.29, 0.717) is 18.7 Å². The number of carboxylic acid groups (broad SMARTS) is 1. The van der Waals surface area contributed by atoms with Crippen molar-refractivity contribution in [3.05, 3.63) is 23.8 Å². The lowest BCUT2D eigenvalue weighted by Crippen LogP contribution is -2.35. The van der Waals surface area contributed by atoms with Gasteiger partial charge in [0.05, 0.1) is 16.2 Å². The number of aryl methyl sites for hydroxylation is 1. The molecule has 2 N–H and O–H groups in total. The molecule has 0 amide bonds. The molecule has 0 spiro atoms. The third-order valence-electron chi connectivity index (χ3n) is 4.03. The van der Waals surface area contributed by atoms with E-state index >= 15 is 0 Å². The minimum absolute atomic E-state index is 0.0707. The van der Waals surface area contributed by atoms with Crippen LogP contribution in [0.25, 0.3) is 0 Å². The van der Waals surface area contributed by atoms with E-state index in [9.17, 15) is 21.6 Å². The van der Waals surface area contributed by atoms with E-state index in [1.54, 1.807) is 6.92 Å². The van der Waals surface area contributed by atoms with Gasteiger partial charge >= 0.3 is 5.97 Å². The van der Waals surface area contributed by atoms with E-state index in [0.717, 1.165) is 25.3 Å². The van der Waals surface area contributed by atoms with Crippen LogP contribution >= 0.6 is 0 Å². The number of rotatable bonds is 7.